The van der Waals surface area contributed by atoms with E-state index in [1.165, 1.54) is 0 Å². The highest BCUT2D eigenvalue weighted by Gasteiger charge is 2.41. The average molecular weight is 395 g/mol. The second-order valence-corrected chi connectivity index (χ2v) is 7.84. The summed E-state index contributed by atoms with van der Waals surface area (Å²) < 4.78 is 0. The Balaban J connectivity index is 1.94. The fourth-order valence-corrected chi connectivity index (χ4v) is 3.94. The van der Waals surface area contributed by atoms with Crippen LogP contribution in [0.25, 0.3) is 0 Å². The van der Waals surface area contributed by atoms with Crippen molar-refractivity contribution in [2.45, 2.75) is 64.6 Å². The van der Waals surface area contributed by atoms with E-state index in [9.17, 15) is 14.7 Å². The van der Waals surface area contributed by atoms with Crippen molar-refractivity contribution >= 4 is 17.5 Å². The molecule has 2 aromatic carbocycles. The van der Waals surface area contributed by atoms with E-state index in [-0.39, 0.29) is 11.8 Å². The molecule has 5 heteroatoms. The molecule has 0 radical (unpaired) electrons. The number of rotatable bonds is 6. The fourth-order valence-electron chi connectivity index (χ4n) is 3.94. The molecule has 0 spiro atoms. The number of hydrogen-bond donors (Lipinski definition) is 2. The minimum Gasteiger partial charge on any atom is -0.388 e. The van der Waals surface area contributed by atoms with E-state index < -0.39 is 18.2 Å². The molecule has 0 saturated carbocycles. The summed E-state index contributed by atoms with van der Waals surface area (Å²) in [5, 5.41) is 14.1. The summed E-state index contributed by atoms with van der Waals surface area (Å²) in [5.74, 6) is -0.222. The molecule has 5 nitrogen and oxygen atoms in total. The summed E-state index contributed by atoms with van der Waals surface area (Å²) in [6.45, 7) is 5.89. The Morgan fingerprint density at radius 2 is 1.83 bits per heavy atom. The molecule has 0 aliphatic carbocycles. The molecule has 2 aromatic rings. The zero-order valence-electron chi connectivity index (χ0n) is 17.4. The topological polar surface area (TPSA) is 69.6 Å². The van der Waals surface area contributed by atoms with Crippen molar-refractivity contribution in [2.24, 2.45) is 0 Å². The molecule has 1 heterocycles. The number of amides is 2. The van der Waals surface area contributed by atoms with Gasteiger partial charge < -0.3 is 15.3 Å². The number of carbonyl (C=O) groups is 2. The number of hydrogen-bond acceptors (Lipinski definition) is 3. The molecule has 3 atom stereocenters. The zero-order chi connectivity index (χ0) is 21.0. The summed E-state index contributed by atoms with van der Waals surface area (Å²) >= 11 is 0. The Morgan fingerprint density at radius 3 is 2.52 bits per heavy atom. The van der Waals surface area contributed by atoms with Gasteiger partial charge in [0.2, 0.25) is 5.91 Å². The van der Waals surface area contributed by atoms with Gasteiger partial charge in [0.25, 0.3) is 5.91 Å². The van der Waals surface area contributed by atoms with Gasteiger partial charge in [-0.2, -0.15) is 0 Å². The van der Waals surface area contributed by atoms with E-state index >= 15 is 0 Å². The highest BCUT2D eigenvalue weighted by molar-refractivity contribution is 6.07. The summed E-state index contributed by atoms with van der Waals surface area (Å²) in [5.41, 5.74) is 3.10. The first kappa shape index (κ1) is 21.1. The number of benzene rings is 2. The molecule has 1 aliphatic heterocycles. The van der Waals surface area contributed by atoms with Crippen LogP contribution in [0.3, 0.4) is 0 Å². The summed E-state index contributed by atoms with van der Waals surface area (Å²) in [7, 11) is 0. The van der Waals surface area contributed by atoms with Crippen LogP contribution in [-0.2, 0) is 4.79 Å². The first-order valence-corrected chi connectivity index (χ1v) is 10.4. The maximum absolute atomic E-state index is 13.2. The molecule has 0 bridgehead atoms. The number of anilines is 1. The molecule has 1 aliphatic rings. The largest absolute Gasteiger partial charge is 0.388 e. The van der Waals surface area contributed by atoms with Gasteiger partial charge in [-0.3, -0.25) is 9.59 Å². The molecule has 0 fully saturated rings. The maximum atomic E-state index is 13.2. The molecule has 154 valence electrons. The first-order chi connectivity index (χ1) is 13.9. The standard InChI is InChI=1S/C24H30N2O3/c1-4-5-7-12-21(27)25-22-19-15-16(2)13-14-20(19)26(17(3)23(22)28)24(29)18-10-8-6-9-11-18/h6,8-11,13-15,17,22-23,28H,4-5,7,12H2,1-3H3,(H,25,27). The second kappa shape index (κ2) is 9.23. The molecular formula is C24H30N2O3. The maximum Gasteiger partial charge on any atom is 0.258 e. The number of aliphatic hydroxyl groups is 1. The first-order valence-electron chi connectivity index (χ1n) is 10.4. The molecule has 0 aromatic heterocycles. The molecule has 3 unspecified atom stereocenters. The quantitative estimate of drug-likeness (QED) is 0.724. The number of fused-ring (bicyclic) bond motifs is 1. The van der Waals surface area contributed by atoms with Crippen molar-refractivity contribution in [2.75, 3.05) is 4.90 Å². The number of nitrogens with zero attached hydrogens (tertiary/aromatic N) is 1. The molecule has 29 heavy (non-hydrogen) atoms. The fraction of sp³-hybridized carbons (Fsp3) is 0.417. The highest BCUT2D eigenvalue weighted by atomic mass is 16.3. The third kappa shape index (κ3) is 4.51. The monoisotopic (exact) mass is 394 g/mol. The minimum atomic E-state index is -0.896. The van der Waals surface area contributed by atoms with Crippen LogP contribution >= 0.6 is 0 Å². The molecular weight excluding hydrogens is 364 g/mol. The number of nitrogens with one attached hydrogen (secondary N) is 1. The lowest BCUT2D eigenvalue weighted by Gasteiger charge is -2.43. The van der Waals surface area contributed by atoms with Crippen LogP contribution in [0.4, 0.5) is 5.69 Å². The summed E-state index contributed by atoms with van der Waals surface area (Å²) in [6, 6.07) is 13.9. The van der Waals surface area contributed by atoms with Crippen molar-refractivity contribution in [3.8, 4) is 0 Å². The van der Waals surface area contributed by atoms with Crippen LogP contribution < -0.4 is 10.2 Å². The van der Waals surface area contributed by atoms with Gasteiger partial charge in [-0.1, -0.05) is 55.7 Å². The van der Waals surface area contributed by atoms with Crippen molar-refractivity contribution in [1.29, 1.82) is 0 Å². The number of carbonyl (C=O) groups excluding carboxylic acids is 2. The van der Waals surface area contributed by atoms with E-state index in [1.807, 2.05) is 50.2 Å². The van der Waals surface area contributed by atoms with E-state index in [1.54, 1.807) is 17.0 Å². The second-order valence-electron chi connectivity index (χ2n) is 7.84. The SMILES string of the molecule is CCCCCC(=O)NC1c2cc(C)ccc2N(C(=O)c2ccccc2)C(C)C1O. The zero-order valence-corrected chi connectivity index (χ0v) is 17.4. The molecule has 2 amide bonds. The Morgan fingerprint density at radius 1 is 1.10 bits per heavy atom. The van der Waals surface area contributed by atoms with Crippen LogP contribution in [0.2, 0.25) is 0 Å². The van der Waals surface area contributed by atoms with Crippen LogP contribution in [0.1, 0.15) is 67.1 Å². The Bertz CT molecular complexity index is 866. The van der Waals surface area contributed by atoms with E-state index in [4.69, 9.17) is 0 Å². The summed E-state index contributed by atoms with van der Waals surface area (Å²) in [4.78, 5) is 27.3. The van der Waals surface area contributed by atoms with Gasteiger partial charge >= 0.3 is 0 Å². The van der Waals surface area contributed by atoms with Gasteiger partial charge in [0.1, 0.15) is 0 Å². The van der Waals surface area contributed by atoms with Gasteiger partial charge in [-0.15, -0.1) is 0 Å². The van der Waals surface area contributed by atoms with E-state index in [0.717, 1.165) is 36.1 Å². The van der Waals surface area contributed by atoms with Gasteiger partial charge in [0.05, 0.1) is 18.2 Å². The van der Waals surface area contributed by atoms with Gasteiger partial charge in [-0.25, -0.2) is 0 Å². The van der Waals surface area contributed by atoms with Gasteiger partial charge in [0.15, 0.2) is 0 Å². The Labute approximate surface area is 172 Å². The highest BCUT2D eigenvalue weighted by Crippen LogP contribution is 2.39. The molecule has 3 rings (SSSR count). The van der Waals surface area contributed by atoms with Crippen molar-refractivity contribution < 1.29 is 14.7 Å². The average Bonchev–Trinajstić information content (AvgIpc) is 2.72. The third-order valence-electron chi connectivity index (χ3n) is 5.58. The third-order valence-corrected chi connectivity index (χ3v) is 5.58. The number of unbranched alkanes of at least 4 members (excludes halogenated alkanes) is 2. The Hall–Kier alpha value is -2.66. The van der Waals surface area contributed by atoms with Crippen LogP contribution in [-0.4, -0.2) is 29.1 Å². The lowest BCUT2D eigenvalue weighted by Crippen LogP contribution is -2.55. The van der Waals surface area contributed by atoms with Crippen molar-refractivity contribution in [1.82, 2.24) is 5.32 Å². The van der Waals surface area contributed by atoms with E-state index in [0.29, 0.717) is 12.0 Å². The van der Waals surface area contributed by atoms with Crippen molar-refractivity contribution in [3.63, 3.8) is 0 Å². The lowest BCUT2D eigenvalue weighted by atomic mass is 9.87. The van der Waals surface area contributed by atoms with Crippen LogP contribution in [0, 0.1) is 6.92 Å². The van der Waals surface area contributed by atoms with Gasteiger partial charge in [0, 0.05) is 23.2 Å². The van der Waals surface area contributed by atoms with E-state index in [2.05, 4.69) is 12.2 Å². The molecule has 2 N–H and O–H groups in total. The predicted molar refractivity (Wildman–Crippen MR) is 115 cm³/mol. The minimum absolute atomic E-state index is 0.0648. The van der Waals surface area contributed by atoms with Crippen LogP contribution in [0.15, 0.2) is 48.5 Å². The normalized spacial score (nSPS) is 20.8. The molecule has 0 saturated heterocycles. The van der Waals surface area contributed by atoms with Crippen molar-refractivity contribution in [3.05, 3.63) is 65.2 Å². The van der Waals surface area contributed by atoms with Gasteiger partial charge in [-0.05, 0) is 38.5 Å². The lowest BCUT2D eigenvalue weighted by molar-refractivity contribution is -0.123. The number of aliphatic hydroxyl groups excluding tert-OH is 1. The number of aryl methyl sites for hydroxylation is 1. The predicted octanol–water partition coefficient (Wildman–Crippen LogP) is 4.14. The van der Waals surface area contributed by atoms with Crippen LogP contribution in [0.5, 0.6) is 0 Å². The smallest absolute Gasteiger partial charge is 0.258 e. The Kier molecular flexibility index (Phi) is 6.70. The summed E-state index contributed by atoms with van der Waals surface area (Å²) in [6.07, 6.45) is 2.44.